The molecule has 0 atom stereocenters. The van der Waals surface area contributed by atoms with Crippen molar-refractivity contribution in [1.29, 1.82) is 0 Å². The van der Waals surface area contributed by atoms with E-state index in [2.05, 4.69) is 5.92 Å². The van der Waals surface area contributed by atoms with Gasteiger partial charge < -0.3 is 0 Å². The molecule has 0 unspecified atom stereocenters. The Morgan fingerprint density at radius 3 is 2.91 bits per heavy atom. The molecule has 0 bridgehead atoms. The van der Waals surface area contributed by atoms with Crippen LogP contribution in [0.15, 0.2) is 30.3 Å². The van der Waals surface area contributed by atoms with Gasteiger partial charge in [0.15, 0.2) is 0 Å². The number of hydrogen-bond donors (Lipinski definition) is 0. The predicted octanol–water partition coefficient (Wildman–Crippen LogP) is 2.70. The highest BCUT2D eigenvalue weighted by atomic mass is 13.9. The summed E-state index contributed by atoms with van der Waals surface area (Å²) in [4.78, 5) is 0. The van der Waals surface area contributed by atoms with E-state index in [1.807, 2.05) is 43.3 Å². The first-order valence-corrected chi connectivity index (χ1v) is 3.56. The number of hydrogen-bond acceptors (Lipinski definition) is 0. The normalized spacial score (nSPS) is 9.82. The third-order valence-electron chi connectivity index (χ3n) is 1.41. The van der Waals surface area contributed by atoms with Gasteiger partial charge in [0.05, 0.1) is 0 Å². The van der Waals surface area contributed by atoms with Crippen LogP contribution in [0.4, 0.5) is 0 Å². The molecule has 0 aliphatic carbocycles. The molecule has 0 aromatic heterocycles. The lowest BCUT2D eigenvalue weighted by atomic mass is 10.1. The summed E-state index contributed by atoms with van der Waals surface area (Å²) in [5, 5.41) is 0. The van der Waals surface area contributed by atoms with Crippen molar-refractivity contribution in [2.45, 2.75) is 6.92 Å². The smallest absolute Gasteiger partial charge is 0.0248 e. The fourth-order valence-electron chi connectivity index (χ4n) is 0.925. The van der Waals surface area contributed by atoms with E-state index in [4.69, 9.17) is 6.42 Å². The quantitative estimate of drug-likeness (QED) is 0.529. The van der Waals surface area contributed by atoms with Crippen LogP contribution in [0.2, 0.25) is 0 Å². The SMILES string of the molecule is C#Cc1cccc(/C=C/C)c1. The summed E-state index contributed by atoms with van der Waals surface area (Å²) in [7, 11) is 0. The Labute approximate surface area is 67.6 Å². The van der Waals surface area contributed by atoms with Gasteiger partial charge in [-0.05, 0) is 24.6 Å². The van der Waals surface area contributed by atoms with Crippen molar-refractivity contribution in [3.8, 4) is 12.3 Å². The minimum absolute atomic E-state index is 0.931. The lowest BCUT2D eigenvalue weighted by Crippen LogP contribution is -1.74. The molecule has 0 N–H and O–H groups in total. The van der Waals surface area contributed by atoms with Crippen molar-refractivity contribution < 1.29 is 0 Å². The fourth-order valence-corrected chi connectivity index (χ4v) is 0.925. The Balaban J connectivity index is 3.03. The van der Waals surface area contributed by atoms with Gasteiger partial charge in [-0.15, -0.1) is 6.42 Å². The van der Waals surface area contributed by atoms with E-state index in [9.17, 15) is 0 Å². The van der Waals surface area contributed by atoms with Crippen LogP contribution in [0.25, 0.3) is 6.08 Å². The second kappa shape index (κ2) is 3.63. The van der Waals surface area contributed by atoms with Gasteiger partial charge >= 0.3 is 0 Å². The molecule has 0 fully saturated rings. The minimum Gasteiger partial charge on any atom is -0.115 e. The minimum atomic E-state index is 0.931. The zero-order valence-electron chi connectivity index (χ0n) is 6.54. The standard InChI is InChI=1S/C11H10/c1-3-6-11-8-5-7-10(4-2)9-11/h2-3,5-9H,1H3/b6-3+. The topological polar surface area (TPSA) is 0 Å². The van der Waals surface area contributed by atoms with Crippen molar-refractivity contribution in [2.24, 2.45) is 0 Å². The second-order valence-corrected chi connectivity index (χ2v) is 2.27. The summed E-state index contributed by atoms with van der Waals surface area (Å²) >= 11 is 0. The largest absolute Gasteiger partial charge is 0.115 e. The van der Waals surface area contributed by atoms with Crippen molar-refractivity contribution in [3.63, 3.8) is 0 Å². The summed E-state index contributed by atoms with van der Waals surface area (Å²) in [5.74, 6) is 2.59. The first kappa shape index (κ1) is 7.63. The second-order valence-electron chi connectivity index (χ2n) is 2.27. The van der Waals surface area contributed by atoms with Crippen LogP contribution in [0.3, 0.4) is 0 Å². The Morgan fingerprint density at radius 2 is 2.27 bits per heavy atom. The summed E-state index contributed by atoms with van der Waals surface area (Å²) in [6.07, 6.45) is 9.27. The van der Waals surface area contributed by atoms with Gasteiger partial charge in [0, 0.05) is 5.56 Å². The third-order valence-corrected chi connectivity index (χ3v) is 1.41. The van der Waals surface area contributed by atoms with Gasteiger partial charge in [0.2, 0.25) is 0 Å². The molecule has 1 aromatic carbocycles. The van der Waals surface area contributed by atoms with Gasteiger partial charge in [0.25, 0.3) is 0 Å². The maximum absolute atomic E-state index is 5.24. The Bertz CT molecular complexity index is 300. The first-order chi connectivity index (χ1) is 5.36. The molecule has 0 aliphatic rings. The molecule has 0 saturated carbocycles. The lowest BCUT2D eigenvalue weighted by Gasteiger charge is -1.92. The summed E-state index contributed by atoms with van der Waals surface area (Å²) < 4.78 is 0. The van der Waals surface area contributed by atoms with E-state index in [1.54, 1.807) is 0 Å². The van der Waals surface area contributed by atoms with E-state index in [0.717, 1.165) is 11.1 Å². The molecule has 0 heteroatoms. The monoisotopic (exact) mass is 142 g/mol. The van der Waals surface area contributed by atoms with Gasteiger partial charge in [-0.25, -0.2) is 0 Å². The van der Waals surface area contributed by atoms with Crippen molar-refractivity contribution >= 4 is 6.08 Å². The average molecular weight is 142 g/mol. The molecule has 0 radical (unpaired) electrons. The molecule has 0 saturated heterocycles. The highest BCUT2D eigenvalue weighted by molar-refractivity contribution is 5.52. The zero-order valence-corrected chi connectivity index (χ0v) is 6.54. The van der Waals surface area contributed by atoms with E-state index in [1.165, 1.54) is 0 Å². The highest BCUT2D eigenvalue weighted by Crippen LogP contribution is 2.05. The lowest BCUT2D eigenvalue weighted by molar-refractivity contribution is 1.60. The number of terminal acetylenes is 1. The van der Waals surface area contributed by atoms with Crippen molar-refractivity contribution in [3.05, 3.63) is 41.5 Å². The molecular formula is C11H10. The maximum atomic E-state index is 5.24. The van der Waals surface area contributed by atoms with E-state index in [-0.39, 0.29) is 0 Å². The predicted molar refractivity (Wildman–Crippen MR) is 49.1 cm³/mol. The highest BCUT2D eigenvalue weighted by Gasteiger charge is 1.86. The Hall–Kier alpha value is -1.48. The number of rotatable bonds is 1. The summed E-state index contributed by atoms with van der Waals surface area (Å²) in [6, 6.07) is 7.90. The molecule has 11 heavy (non-hydrogen) atoms. The zero-order chi connectivity index (χ0) is 8.10. The molecule has 1 rings (SSSR count). The number of allylic oxidation sites excluding steroid dienone is 1. The molecular weight excluding hydrogens is 132 g/mol. The molecule has 0 spiro atoms. The van der Waals surface area contributed by atoms with Crippen LogP contribution in [0.5, 0.6) is 0 Å². The van der Waals surface area contributed by atoms with Crippen molar-refractivity contribution in [2.75, 3.05) is 0 Å². The third kappa shape index (κ3) is 1.98. The average Bonchev–Trinajstić information content (AvgIpc) is 2.06. The Kier molecular flexibility index (Phi) is 2.52. The van der Waals surface area contributed by atoms with Crippen LogP contribution in [0, 0.1) is 12.3 Å². The van der Waals surface area contributed by atoms with Crippen LogP contribution in [-0.2, 0) is 0 Å². The summed E-state index contributed by atoms with van der Waals surface area (Å²) in [5.41, 5.74) is 2.09. The fraction of sp³-hybridized carbons (Fsp3) is 0.0909. The van der Waals surface area contributed by atoms with Gasteiger partial charge in [-0.2, -0.15) is 0 Å². The first-order valence-electron chi connectivity index (χ1n) is 3.56. The maximum Gasteiger partial charge on any atom is 0.0248 e. The van der Waals surface area contributed by atoms with E-state index >= 15 is 0 Å². The van der Waals surface area contributed by atoms with Gasteiger partial charge in [0.1, 0.15) is 0 Å². The molecule has 1 aromatic rings. The van der Waals surface area contributed by atoms with E-state index in [0.29, 0.717) is 0 Å². The molecule has 0 heterocycles. The van der Waals surface area contributed by atoms with Crippen LogP contribution < -0.4 is 0 Å². The van der Waals surface area contributed by atoms with E-state index < -0.39 is 0 Å². The van der Waals surface area contributed by atoms with Crippen LogP contribution >= 0.6 is 0 Å². The number of benzene rings is 1. The molecule has 0 amide bonds. The van der Waals surface area contributed by atoms with Crippen LogP contribution in [0.1, 0.15) is 18.1 Å². The van der Waals surface area contributed by atoms with Crippen molar-refractivity contribution in [1.82, 2.24) is 0 Å². The van der Waals surface area contributed by atoms with Crippen LogP contribution in [-0.4, -0.2) is 0 Å². The van der Waals surface area contributed by atoms with Gasteiger partial charge in [-0.1, -0.05) is 30.2 Å². The molecule has 0 aliphatic heterocycles. The molecule has 54 valence electrons. The summed E-state index contributed by atoms with van der Waals surface area (Å²) in [6.45, 7) is 1.99. The Morgan fingerprint density at radius 1 is 1.45 bits per heavy atom. The van der Waals surface area contributed by atoms with Gasteiger partial charge in [-0.3, -0.25) is 0 Å². The molecule has 0 nitrogen and oxygen atoms in total.